The Balaban J connectivity index is 2.04. The molecule has 2 aromatic rings. The number of aromatic hydroxyl groups is 1. The standard InChI is InChI=1S/C13H17N3O/c1-3-16-9-10(2)13(15-16)14-8-11-5-4-6-12(17)7-11/h4-7,9,17H,3,8H2,1-2H3,(H,14,15). The van der Waals surface area contributed by atoms with Crippen molar-refractivity contribution >= 4 is 5.82 Å². The Labute approximate surface area is 101 Å². The molecule has 1 aromatic heterocycles. The van der Waals surface area contributed by atoms with Gasteiger partial charge in [0.1, 0.15) is 5.75 Å². The lowest BCUT2D eigenvalue weighted by Gasteiger charge is -2.04. The monoisotopic (exact) mass is 231 g/mol. The van der Waals surface area contributed by atoms with Crippen LogP contribution < -0.4 is 5.32 Å². The highest BCUT2D eigenvalue weighted by molar-refractivity contribution is 5.42. The van der Waals surface area contributed by atoms with Gasteiger partial charge in [-0.1, -0.05) is 12.1 Å². The van der Waals surface area contributed by atoms with E-state index in [4.69, 9.17) is 0 Å². The van der Waals surface area contributed by atoms with Gasteiger partial charge in [0.25, 0.3) is 0 Å². The minimum Gasteiger partial charge on any atom is -0.508 e. The molecular weight excluding hydrogens is 214 g/mol. The van der Waals surface area contributed by atoms with Crippen molar-refractivity contribution in [3.8, 4) is 5.75 Å². The normalized spacial score (nSPS) is 10.5. The fraction of sp³-hybridized carbons (Fsp3) is 0.308. The molecule has 0 aliphatic carbocycles. The first-order valence-electron chi connectivity index (χ1n) is 5.75. The third kappa shape index (κ3) is 2.78. The Morgan fingerprint density at radius 1 is 1.41 bits per heavy atom. The zero-order chi connectivity index (χ0) is 12.3. The Kier molecular flexibility index (Phi) is 3.32. The number of rotatable bonds is 4. The van der Waals surface area contributed by atoms with Gasteiger partial charge >= 0.3 is 0 Å². The molecule has 0 saturated carbocycles. The molecule has 2 N–H and O–H groups in total. The average molecular weight is 231 g/mol. The van der Waals surface area contributed by atoms with Crippen LogP contribution in [-0.2, 0) is 13.1 Å². The number of aromatic nitrogens is 2. The number of phenols is 1. The van der Waals surface area contributed by atoms with Crippen molar-refractivity contribution < 1.29 is 5.11 Å². The summed E-state index contributed by atoms with van der Waals surface area (Å²) in [6, 6.07) is 7.22. The molecule has 17 heavy (non-hydrogen) atoms. The van der Waals surface area contributed by atoms with Crippen LogP contribution in [0.5, 0.6) is 5.75 Å². The SMILES string of the molecule is CCn1cc(C)c(NCc2cccc(O)c2)n1. The highest BCUT2D eigenvalue weighted by Gasteiger charge is 2.03. The van der Waals surface area contributed by atoms with Crippen molar-refractivity contribution in [1.29, 1.82) is 0 Å². The molecule has 0 radical (unpaired) electrons. The van der Waals surface area contributed by atoms with Gasteiger partial charge in [0, 0.05) is 24.8 Å². The first-order valence-corrected chi connectivity index (χ1v) is 5.75. The fourth-order valence-electron chi connectivity index (χ4n) is 1.71. The van der Waals surface area contributed by atoms with Gasteiger partial charge in [0.2, 0.25) is 0 Å². The van der Waals surface area contributed by atoms with Crippen LogP contribution in [0, 0.1) is 6.92 Å². The summed E-state index contributed by atoms with van der Waals surface area (Å²) in [6.07, 6.45) is 2.02. The molecule has 0 saturated heterocycles. The lowest BCUT2D eigenvalue weighted by atomic mass is 10.2. The molecule has 4 nitrogen and oxygen atoms in total. The van der Waals surface area contributed by atoms with Crippen LogP contribution in [-0.4, -0.2) is 14.9 Å². The maximum atomic E-state index is 9.36. The van der Waals surface area contributed by atoms with Crippen molar-refractivity contribution in [3.63, 3.8) is 0 Å². The summed E-state index contributed by atoms with van der Waals surface area (Å²) in [5.41, 5.74) is 2.17. The average Bonchev–Trinajstić information content (AvgIpc) is 2.68. The summed E-state index contributed by atoms with van der Waals surface area (Å²) in [5.74, 6) is 1.19. The first kappa shape index (κ1) is 11.5. The van der Waals surface area contributed by atoms with E-state index < -0.39 is 0 Å². The van der Waals surface area contributed by atoms with Gasteiger partial charge in [-0.05, 0) is 31.5 Å². The maximum Gasteiger partial charge on any atom is 0.151 e. The van der Waals surface area contributed by atoms with E-state index in [-0.39, 0.29) is 0 Å². The van der Waals surface area contributed by atoms with E-state index in [1.165, 1.54) is 0 Å². The van der Waals surface area contributed by atoms with Crippen molar-refractivity contribution in [1.82, 2.24) is 9.78 Å². The molecule has 4 heteroatoms. The highest BCUT2D eigenvalue weighted by atomic mass is 16.3. The molecule has 90 valence electrons. The van der Waals surface area contributed by atoms with Crippen LogP contribution in [0.25, 0.3) is 0 Å². The molecule has 0 aliphatic rings. The van der Waals surface area contributed by atoms with Crippen LogP contribution in [0.4, 0.5) is 5.82 Å². The predicted molar refractivity (Wildman–Crippen MR) is 68.1 cm³/mol. The van der Waals surface area contributed by atoms with Gasteiger partial charge in [-0.3, -0.25) is 4.68 Å². The molecule has 0 amide bonds. The van der Waals surface area contributed by atoms with E-state index in [1.54, 1.807) is 12.1 Å². The molecule has 0 fully saturated rings. The van der Waals surface area contributed by atoms with Crippen molar-refractivity contribution in [3.05, 3.63) is 41.6 Å². The Bertz CT molecular complexity index is 505. The summed E-state index contributed by atoms with van der Waals surface area (Å²) >= 11 is 0. The first-order chi connectivity index (χ1) is 8.19. The van der Waals surface area contributed by atoms with Crippen LogP contribution in [0.15, 0.2) is 30.5 Å². The summed E-state index contributed by atoms with van der Waals surface area (Å²) in [7, 11) is 0. The summed E-state index contributed by atoms with van der Waals surface area (Å²) in [4.78, 5) is 0. The van der Waals surface area contributed by atoms with E-state index in [2.05, 4.69) is 17.3 Å². The summed E-state index contributed by atoms with van der Waals surface area (Å²) < 4.78 is 1.90. The topological polar surface area (TPSA) is 50.1 Å². The number of nitrogens with zero attached hydrogens (tertiary/aromatic N) is 2. The third-order valence-corrected chi connectivity index (χ3v) is 2.64. The second-order valence-electron chi connectivity index (χ2n) is 4.04. The van der Waals surface area contributed by atoms with Gasteiger partial charge < -0.3 is 10.4 Å². The summed E-state index contributed by atoms with van der Waals surface area (Å²) in [6.45, 7) is 5.63. The number of aryl methyl sites for hydroxylation is 2. The highest BCUT2D eigenvalue weighted by Crippen LogP contribution is 2.15. The zero-order valence-corrected chi connectivity index (χ0v) is 10.1. The molecule has 0 spiro atoms. The Morgan fingerprint density at radius 3 is 2.88 bits per heavy atom. The second kappa shape index (κ2) is 4.91. The molecule has 1 aromatic carbocycles. The van der Waals surface area contributed by atoms with E-state index in [9.17, 15) is 5.11 Å². The molecule has 2 rings (SSSR count). The van der Waals surface area contributed by atoms with Gasteiger partial charge in [-0.15, -0.1) is 0 Å². The van der Waals surface area contributed by atoms with Crippen LogP contribution in [0.2, 0.25) is 0 Å². The number of nitrogens with one attached hydrogen (secondary N) is 1. The fourth-order valence-corrected chi connectivity index (χ4v) is 1.71. The van der Waals surface area contributed by atoms with Gasteiger partial charge in [0.05, 0.1) is 0 Å². The van der Waals surface area contributed by atoms with E-state index in [0.717, 1.165) is 23.5 Å². The molecule has 0 aliphatic heterocycles. The minimum absolute atomic E-state index is 0.292. The molecule has 1 heterocycles. The summed E-state index contributed by atoms with van der Waals surface area (Å²) in [5, 5.41) is 17.0. The minimum atomic E-state index is 0.292. The number of phenolic OH excluding ortho intramolecular Hbond substituents is 1. The van der Waals surface area contributed by atoms with Crippen molar-refractivity contribution in [2.24, 2.45) is 0 Å². The predicted octanol–water partition coefficient (Wildman–Crippen LogP) is 2.53. The van der Waals surface area contributed by atoms with Crippen LogP contribution in [0.1, 0.15) is 18.1 Å². The van der Waals surface area contributed by atoms with Gasteiger partial charge in [0.15, 0.2) is 5.82 Å². The Hall–Kier alpha value is -1.97. The zero-order valence-electron chi connectivity index (χ0n) is 10.1. The number of hydrogen-bond donors (Lipinski definition) is 2. The second-order valence-corrected chi connectivity index (χ2v) is 4.04. The van der Waals surface area contributed by atoms with E-state index in [1.807, 2.05) is 29.9 Å². The molecule has 0 atom stereocenters. The molecule has 0 unspecified atom stereocenters. The smallest absolute Gasteiger partial charge is 0.151 e. The van der Waals surface area contributed by atoms with Gasteiger partial charge in [-0.2, -0.15) is 5.10 Å². The lowest BCUT2D eigenvalue weighted by Crippen LogP contribution is -2.02. The van der Waals surface area contributed by atoms with Crippen molar-refractivity contribution in [2.45, 2.75) is 26.9 Å². The third-order valence-electron chi connectivity index (χ3n) is 2.64. The van der Waals surface area contributed by atoms with Gasteiger partial charge in [-0.25, -0.2) is 0 Å². The van der Waals surface area contributed by atoms with Crippen molar-refractivity contribution in [2.75, 3.05) is 5.32 Å². The van der Waals surface area contributed by atoms with E-state index >= 15 is 0 Å². The van der Waals surface area contributed by atoms with E-state index in [0.29, 0.717) is 12.3 Å². The number of hydrogen-bond acceptors (Lipinski definition) is 3. The number of benzene rings is 1. The lowest BCUT2D eigenvalue weighted by molar-refractivity contribution is 0.474. The molecule has 0 bridgehead atoms. The van der Waals surface area contributed by atoms with Crippen LogP contribution in [0.3, 0.4) is 0 Å². The quantitative estimate of drug-likeness (QED) is 0.850. The molecular formula is C13H17N3O. The maximum absolute atomic E-state index is 9.36. The number of anilines is 1. The Morgan fingerprint density at radius 2 is 2.24 bits per heavy atom. The largest absolute Gasteiger partial charge is 0.508 e. The van der Waals surface area contributed by atoms with Crippen LogP contribution >= 0.6 is 0 Å².